The van der Waals surface area contributed by atoms with E-state index in [1.54, 1.807) is 0 Å². The van der Waals surface area contributed by atoms with Gasteiger partial charge < -0.3 is 4.74 Å². The van der Waals surface area contributed by atoms with Crippen LogP contribution in [0.5, 0.6) is 5.88 Å². The molecule has 0 fully saturated rings. The zero-order valence-electron chi connectivity index (χ0n) is 8.79. The number of pyridine rings is 1. The Hall–Kier alpha value is -1.05. The Morgan fingerprint density at radius 3 is 2.54 bits per heavy atom. The third-order valence-corrected chi connectivity index (χ3v) is 2.02. The van der Waals surface area contributed by atoms with E-state index in [1.165, 1.54) is 5.56 Å². The lowest BCUT2D eigenvalue weighted by molar-refractivity contribution is 0.326. The third-order valence-electron chi connectivity index (χ3n) is 2.02. The summed E-state index contributed by atoms with van der Waals surface area (Å²) < 4.78 is 5.31. The molecular formula is C11H17NO. The van der Waals surface area contributed by atoms with Crippen LogP contribution in [0.1, 0.15) is 37.9 Å². The highest BCUT2D eigenvalue weighted by atomic mass is 16.5. The van der Waals surface area contributed by atoms with Crippen LogP contribution >= 0.6 is 0 Å². The maximum absolute atomic E-state index is 5.31. The first-order valence-corrected chi connectivity index (χ1v) is 4.75. The molecular weight excluding hydrogens is 162 g/mol. The molecule has 0 aliphatic carbocycles. The van der Waals surface area contributed by atoms with Gasteiger partial charge in [0.15, 0.2) is 0 Å². The molecule has 72 valence electrons. The molecule has 0 aliphatic rings. The summed E-state index contributed by atoms with van der Waals surface area (Å²) in [5.41, 5.74) is 2.37. The van der Waals surface area contributed by atoms with Crippen molar-refractivity contribution in [1.82, 2.24) is 4.98 Å². The number of aryl methyl sites for hydroxylation is 1. The summed E-state index contributed by atoms with van der Waals surface area (Å²) in [6.45, 7) is 9.01. The van der Waals surface area contributed by atoms with Gasteiger partial charge in [-0.1, -0.05) is 19.9 Å². The molecule has 0 aromatic carbocycles. The highest BCUT2D eigenvalue weighted by Crippen LogP contribution is 2.19. The zero-order chi connectivity index (χ0) is 9.84. The van der Waals surface area contributed by atoms with Crippen molar-refractivity contribution in [2.75, 3.05) is 6.61 Å². The van der Waals surface area contributed by atoms with E-state index < -0.39 is 0 Å². The standard InChI is InChI=1S/C11H17NO/c1-5-13-11-7-6-10(8(2)3)9(4)12-11/h6-8H,5H2,1-4H3. The van der Waals surface area contributed by atoms with Crippen molar-refractivity contribution in [3.63, 3.8) is 0 Å². The van der Waals surface area contributed by atoms with Gasteiger partial charge >= 0.3 is 0 Å². The van der Waals surface area contributed by atoms with Crippen molar-refractivity contribution in [3.8, 4) is 5.88 Å². The third kappa shape index (κ3) is 2.44. The number of ether oxygens (including phenoxy) is 1. The van der Waals surface area contributed by atoms with E-state index in [-0.39, 0.29) is 0 Å². The first-order valence-electron chi connectivity index (χ1n) is 4.75. The predicted molar refractivity (Wildman–Crippen MR) is 54.2 cm³/mol. The Bertz CT molecular complexity index is 281. The molecule has 0 N–H and O–H groups in total. The number of hydrogen-bond acceptors (Lipinski definition) is 2. The summed E-state index contributed by atoms with van der Waals surface area (Å²) in [6, 6.07) is 4.03. The van der Waals surface area contributed by atoms with Crippen molar-refractivity contribution < 1.29 is 4.74 Å². The molecule has 0 unspecified atom stereocenters. The molecule has 2 heteroatoms. The highest BCUT2D eigenvalue weighted by Gasteiger charge is 2.05. The van der Waals surface area contributed by atoms with Crippen LogP contribution in [0.15, 0.2) is 12.1 Å². The second kappa shape index (κ2) is 4.26. The molecule has 0 atom stereocenters. The Morgan fingerprint density at radius 1 is 1.38 bits per heavy atom. The van der Waals surface area contributed by atoms with Crippen LogP contribution in [0.4, 0.5) is 0 Å². The van der Waals surface area contributed by atoms with Gasteiger partial charge in [-0.15, -0.1) is 0 Å². The van der Waals surface area contributed by atoms with Crippen LogP contribution in [0.25, 0.3) is 0 Å². The first kappa shape index (κ1) is 10.0. The number of aromatic nitrogens is 1. The molecule has 0 amide bonds. The van der Waals surface area contributed by atoms with Crippen LogP contribution < -0.4 is 4.74 Å². The molecule has 0 spiro atoms. The molecule has 0 bridgehead atoms. The maximum atomic E-state index is 5.31. The molecule has 1 rings (SSSR count). The summed E-state index contributed by atoms with van der Waals surface area (Å²) in [4.78, 5) is 4.36. The summed E-state index contributed by atoms with van der Waals surface area (Å²) in [5.74, 6) is 1.26. The van der Waals surface area contributed by atoms with Crippen molar-refractivity contribution in [1.29, 1.82) is 0 Å². The van der Waals surface area contributed by atoms with Crippen LogP contribution in [-0.2, 0) is 0 Å². The van der Waals surface area contributed by atoms with Gasteiger partial charge in [-0.2, -0.15) is 0 Å². The highest BCUT2D eigenvalue weighted by molar-refractivity contribution is 5.27. The monoisotopic (exact) mass is 179 g/mol. The van der Waals surface area contributed by atoms with E-state index in [4.69, 9.17) is 4.74 Å². The molecule has 1 heterocycles. The fraction of sp³-hybridized carbons (Fsp3) is 0.545. The van der Waals surface area contributed by atoms with Crippen molar-refractivity contribution in [2.24, 2.45) is 0 Å². The van der Waals surface area contributed by atoms with E-state index in [2.05, 4.69) is 24.9 Å². The minimum absolute atomic E-state index is 0.531. The number of hydrogen-bond donors (Lipinski definition) is 0. The minimum atomic E-state index is 0.531. The normalized spacial score (nSPS) is 10.5. The van der Waals surface area contributed by atoms with E-state index in [9.17, 15) is 0 Å². The van der Waals surface area contributed by atoms with E-state index in [0.29, 0.717) is 12.5 Å². The van der Waals surface area contributed by atoms with Gasteiger partial charge in [0.05, 0.1) is 6.61 Å². The summed E-state index contributed by atoms with van der Waals surface area (Å²) in [5, 5.41) is 0. The number of nitrogens with zero attached hydrogens (tertiary/aromatic N) is 1. The predicted octanol–water partition coefficient (Wildman–Crippen LogP) is 2.91. The zero-order valence-corrected chi connectivity index (χ0v) is 8.79. The summed E-state index contributed by atoms with van der Waals surface area (Å²) >= 11 is 0. The Balaban J connectivity index is 2.92. The summed E-state index contributed by atoms with van der Waals surface area (Å²) in [7, 11) is 0. The topological polar surface area (TPSA) is 22.1 Å². The van der Waals surface area contributed by atoms with Gasteiger partial charge in [-0.25, -0.2) is 4.98 Å². The van der Waals surface area contributed by atoms with Crippen molar-refractivity contribution in [2.45, 2.75) is 33.6 Å². The molecule has 0 aliphatic heterocycles. The maximum Gasteiger partial charge on any atom is 0.213 e. The number of rotatable bonds is 3. The Morgan fingerprint density at radius 2 is 2.08 bits per heavy atom. The first-order chi connectivity index (χ1) is 6.15. The van der Waals surface area contributed by atoms with E-state index in [1.807, 2.05) is 19.9 Å². The smallest absolute Gasteiger partial charge is 0.213 e. The summed E-state index contributed by atoms with van der Waals surface area (Å²) in [6.07, 6.45) is 0. The molecule has 0 saturated heterocycles. The Labute approximate surface area is 80.0 Å². The minimum Gasteiger partial charge on any atom is -0.478 e. The van der Waals surface area contributed by atoms with Gasteiger partial charge in [-0.3, -0.25) is 0 Å². The molecule has 0 saturated carbocycles. The largest absolute Gasteiger partial charge is 0.478 e. The SMILES string of the molecule is CCOc1ccc(C(C)C)c(C)n1. The lowest BCUT2D eigenvalue weighted by Crippen LogP contribution is -1.99. The van der Waals surface area contributed by atoms with Crippen LogP contribution in [0, 0.1) is 6.92 Å². The molecule has 1 aromatic rings. The van der Waals surface area contributed by atoms with Crippen LogP contribution in [-0.4, -0.2) is 11.6 Å². The quantitative estimate of drug-likeness (QED) is 0.711. The van der Waals surface area contributed by atoms with Crippen molar-refractivity contribution >= 4 is 0 Å². The second-order valence-electron chi connectivity index (χ2n) is 3.41. The lowest BCUT2D eigenvalue weighted by Gasteiger charge is -2.10. The fourth-order valence-electron chi connectivity index (χ4n) is 1.39. The molecule has 0 radical (unpaired) electrons. The van der Waals surface area contributed by atoms with Crippen LogP contribution in [0.3, 0.4) is 0 Å². The van der Waals surface area contributed by atoms with Gasteiger partial charge in [0, 0.05) is 11.8 Å². The van der Waals surface area contributed by atoms with Crippen LogP contribution in [0.2, 0.25) is 0 Å². The Kier molecular flexibility index (Phi) is 3.29. The fourth-order valence-corrected chi connectivity index (χ4v) is 1.39. The van der Waals surface area contributed by atoms with Crippen molar-refractivity contribution in [3.05, 3.63) is 23.4 Å². The van der Waals surface area contributed by atoms with E-state index >= 15 is 0 Å². The lowest BCUT2D eigenvalue weighted by atomic mass is 10.0. The molecule has 13 heavy (non-hydrogen) atoms. The molecule has 1 aromatic heterocycles. The average molecular weight is 179 g/mol. The second-order valence-corrected chi connectivity index (χ2v) is 3.41. The van der Waals surface area contributed by atoms with Gasteiger partial charge in [0.2, 0.25) is 5.88 Å². The van der Waals surface area contributed by atoms with E-state index in [0.717, 1.165) is 11.6 Å². The average Bonchev–Trinajstić information content (AvgIpc) is 2.04. The van der Waals surface area contributed by atoms with Gasteiger partial charge in [0.25, 0.3) is 0 Å². The van der Waals surface area contributed by atoms with Gasteiger partial charge in [-0.05, 0) is 25.3 Å². The van der Waals surface area contributed by atoms with Gasteiger partial charge in [0.1, 0.15) is 0 Å². The molecule has 2 nitrogen and oxygen atoms in total.